The standard InChI is InChI=1S/C15H19F3N2/c16-11-8-12(17)14(13(18)9-11)15(10-2-1-3-10)20-6-4-19-5-7-20/h8-10,15,19H,1-7H2/t15-/m0/s1. The van der Waals surface area contributed by atoms with Crippen molar-refractivity contribution >= 4 is 0 Å². The molecule has 1 saturated heterocycles. The molecule has 0 radical (unpaired) electrons. The lowest BCUT2D eigenvalue weighted by atomic mass is 9.76. The van der Waals surface area contributed by atoms with Crippen molar-refractivity contribution in [2.24, 2.45) is 5.92 Å². The average molecular weight is 284 g/mol. The van der Waals surface area contributed by atoms with E-state index >= 15 is 0 Å². The van der Waals surface area contributed by atoms with Crippen LogP contribution in [0.5, 0.6) is 0 Å². The van der Waals surface area contributed by atoms with E-state index in [-0.39, 0.29) is 17.5 Å². The van der Waals surface area contributed by atoms with E-state index in [4.69, 9.17) is 0 Å². The molecule has 1 aliphatic heterocycles. The third-order valence-electron chi connectivity index (χ3n) is 4.48. The molecular weight excluding hydrogens is 265 g/mol. The van der Waals surface area contributed by atoms with Crippen LogP contribution in [0.2, 0.25) is 0 Å². The zero-order chi connectivity index (χ0) is 14.1. The van der Waals surface area contributed by atoms with Crippen LogP contribution in [-0.2, 0) is 0 Å². The van der Waals surface area contributed by atoms with E-state index in [1.807, 2.05) is 0 Å². The van der Waals surface area contributed by atoms with Crippen molar-refractivity contribution in [3.8, 4) is 0 Å². The van der Waals surface area contributed by atoms with Crippen molar-refractivity contribution in [2.45, 2.75) is 25.3 Å². The first-order valence-electron chi connectivity index (χ1n) is 7.26. The number of benzene rings is 1. The number of nitrogens with zero attached hydrogens (tertiary/aromatic N) is 1. The average Bonchev–Trinajstić information content (AvgIpc) is 2.35. The Balaban J connectivity index is 1.96. The molecule has 0 amide bonds. The van der Waals surface area contributed by atoms with Gasteiger partial charge in [-0.2, -0.15) is 0 Å². The van der Waals surface area contributed by atoms with Gasteiger partial charge in [-0.05, 0) is 18.8 Å². The molecule has 110 valence electrons. The van der Waals surface area contributed by atoms with Crippen molar-refractivity contribution in [3.05, 3.63) is 35.1 Å². The summed E-state index contributed by atoms with van der Waals surface area (Å²) in [6, 6.07) is 1.34. The van der Waals surface area contributed by atoms with E-state index in [9.17, 15) is 13.2 Å². The Morgan fingerprint density at radius 3 is 2.15 bits per heavy atom. The topological polar surface area (TPSA) is 15.3 Å². The molecule has 0 aromatic heterocycles. The maximum Gasteiger partial charge on any atom is 0.133 e. The van der Waals surface area contributed by atoms with Crippen molar-refractivity contribution in [1.82, 2.24) is 10.2 Å². The van der Waals surface area contributed by atoms with Gasteiger partial charge in [-0.3, -0.25) is 4.90 Å². The molecule has 1 aromatic carbocycles. The van der Waals surface area contributed by atoms with Crippen LogP contribution < -0.4 is 5.32 Å². The van der Waals surface area contributed by atoms with Gasteiger partial charge in [0, 0.05) is 49.9 Å². The number of hydrogen-bond acceptors (Lipinski definition) is 2. The SMILES string of the molecule is Fc1cc(F)c([C@H](C2CCC2)N2CCNCC2)c(F)c1. The fourth-order valence-corrected chi connectivity index (χ4v) is 3.27. The predicted molar refractivity (Wildman–Crippen MR) is 70.8 cm³/mol. The second kappa shape index (κ2) is 5.74. The first kappa shape index (κ1) is 13.9. The van der Waals surface area contributed by atoms with Gasteiger partial charge >= 0.3 is 0 Å². The van der Waals surface area contributed by atoms with Crippen molar-refractivity contribution in [1.29, 1.82) is 0 Å². The van der Waals surface area contributed by atoms with Crippen LogP contribution in [0.3, 0.4) is 0 Å². The highest BCUT2D eigenvalue weighted by Crippen LogP contribution is 2.43. The minimum absolute atomic E-state index is 0.0537. The molecule has 1 saturated carbocycles. The normalized spacial score (nSPS) is 22.6. The molecule has 1 heterocycles. The molecule has 5 heteroatoms. The highest BCUT2D eigenvalue weighted by atomic mass is 19.1. The smallest absolute Gasteiger partial charge is 0.133 e. The van der Waals surface area contributed by atoms with Gasteiger partial charge in [0.1, 0.15) is 17.5 Å². The second-order valence-corrected chi connectivity index (χ2v) is 5.70. The Morgan fingerprint density at radius 1 is 1.05 bits per heavy atom. The van der Waals surface area contributed by atoms with E-state index in [1.165, 1.54) is 0 Å². The minimum Gasteiger partial charge on any atom is -0.314 e. The van der Waals surface area contributed by atoms with E-state index in [0.29, 0.717) is 0 Å². The summed E-state index contributed by atoms with van der Waals surface area (Å²) in [7, 11) is 0. The molecule has 1 N–H and O–H groups in total. The molecule has 1 aromatic rings. The van der Waals surface area contributed by atoms with Gasteiger partial charge < -0.3 is 5.32 Å². The van der Waals surface area contributed by atoms with E-state index in [1.54, 1.807) is 0 Å². The second-order valence-electron chi connectivity index (χ2n) is 5.70. The Labute approximate surface area is 117 Å². The first-order chi connectivity index (χ1) is 9.66. The fourth-order valence-electron chi connectivity index (χ4n) is 3.27. The van der Waals surface area contributed by atoms with Crippen LogP contribution >= 0.6 is 0 Å². The molecule has 0 spiro atoms. The molecule has 1 atom stereocenters. The molecule has 0 bridgehead atoms. The van der Waals surface area contributed by atoms with Crippen molar-refractivity contribution in [3.63, 3.8) is 0 Å². The minimum atomic E-state index is -0.851. The van der Waals surface area contributed by atoms with Gasteiger partial charge in [0.25, 0.3) is 0 Å². The van der Waals surface area contributed by atoms with Crippen molar-refractivity contribution in [2.75, 3.05) is 26.2 Å². The quantitative estimate of drug-likeness (QED) is 0.918. The summed E-state index contributed by atoms with van der Waals surface area (Å²) >= 11 is 0. The van der Waals surface area contributed by atoms with Crippen LogP contribution in [0.25, 0.3) is 0 Å². The molecule has 2 aliphatic rings. The fraction of sp³-hybridized carbons (Fsp3) is 0.600. The van der Waals surface area contributed by atoms with Gasteiger partial charge in [0.15, 0.2) is 0 Å². The summed E-state index contributed by atoms with van der Waals surface area (Å²) in [6.45, 7) is 3.20. The number of nitrogens with one attached hydrogen (secondary N) is 1. The number of rotatable bonds is 3. The monoisotopic (exact) mass is 284 g/mol. The van der Waals surface area contributed by atoms with Crippen LogP contribution in [0.15, 0.2) is 12.1 Å². The van der Waals surface area contributed by atoms with Crippen LogP contribution in [-0.4, -0.2) is 31.1 Å². The maximum atomic E-state index is 14.1. The summed E-state index contributed by atoms with van der Waals surface area (Å²) < 4.78 is 41.3. The maximum absolute atomic E-state index is 14.1. The zero-order valence-electron chi connectivity index (χ0n) is 11.3. The lowest BCUT2D eigenvalue weighted by molar-refractivity contribution is 0.0783. The molecule has 3 rings (SSSR count). The molecular formula is C15H19F3N2. The number of hydrogen-bond donors (Lipinski definition) is 1. The van der Waals surface area contributed by atoms with Gasteiger partial charge in [0.05, 0.1) is 0 Å². The van der Waals surface area contributed by atoms with Gasteiger partial charge in [0.2, 0.25) is 0 Å². The molecule has 0 unspecified atom stereocenters. The van der Waals surface area contributed by atoms with Gasteiger partial charge in [-0.1, -0.05) is 6.42 Å². The summed E-state index contributed by atoms with van der Waals surface area (Å²) in [6.07, 6.45) is 3.09. The van der Waals surface area contributed by atoms with Gasteiger partial charge in [-0.25, -0.2) is 13.2 Å². The summed E-state index contributed by atoms with van der Waals surface area (Å²) in [5.41, 5.74) is 0.0537. The summed E-state index contributed by atoms with van der Waals surface area (Å²) in [5, 5.41) is 3.25. The van der Waals surface area contributed by atoms with Crippen LogP contribution in [0.4, 0.5) is 13.2 Å². The van der Waals surface area contributed by atoms with E-state index in [0.717, 1.165) is 57.6 Å². The predicted octanol–water partition coefficient (Wildman–Crippen LogP) is 2.85. The highest BCUT2D eigenvalue weighted by Gasteiger charge is 2.37. The molecule has 2 fully saturated rings. The first-order valence-corrected chi connectivity index (χ1v) is 7.26. The summed E-state index contributed by atoms with van der Waals surface area (Å²) in [5.74, 6) is -2.07. The van der Waals surface area contributed by atoms with E-state index in [2.05, 4.69) is 10.2 Å². The largest absolute Gasteiger partial charge is 0.314 e. The Kier molecular flexibility index (Phi) is 3.98. The lowest BCUT2D eigenvalue weighted by Gasteiger charge is -2.43. The number of piperazine rings is 1. The third-order valence-corrected chi connectivity index (χ3v) is 4.48. The summed E-state index contributed by atoms with van der Waals surface area (Å²) in [4.78, 5) is 2.14. The number of halogens is 3. The zero-order valence-corrected chi connectivity index (χ0v) is 11.3. The molecule has 1 aliphatic carbocycles. The molecule has 20 heavy (non-hydrogen) atoms. The lowest BCUT2D eigenvalue weighted by Crippen LogP contribution is -2.48. The highest BCUT2D eigenvalue weighted by molar-refractivity contribution is 5.26. The van der Waals surface area contributed by atoms with Crippen molar-refractivity contribution < 1.29 is 13.2 Å². The van der Waals surface area contributed by atoms with E-state index < -0.39 is 17.5 Å². The third kappa shape index (κ3) is 2.56. The molecule has 2 nitrogen and oxygen atoms in total. The van der Waals surface area contributed by atoms with Crippen LogP contribution in [0.1, 0.15) is 30.9 Å². The van der Waals surface area contributed by atoms with Crippen LogP contribution in [0, 0.1) is 23.4 Å². The Hall–Kier alpha value is -1.07. The van der Waals surface area contributed by atoms with Gasteiger partial charge in [-0.15, -0.1) is 0 Å². The Morgan fingerprint density at radius 2 is 1.65 bits per heavy atom. The Bertz CT molecular complexity index is 459.